The molecule has 0 fully saturated rings. The van der Waals surface area contributed by atoms with Crippen LogP contribution in [0.1, 0.15) is 22.8 Å². The van der Waals surface area contributed by atoms with E-state index in [4.69, 9.17) is 0 Å². The van der Waals surface area contributed by atoms with Crippen molar-refractivity contribution in [1.82, 2.24) is 0 Å². The number of hydrogen-bond donors (Lipinski definition) is 0. The summed E-state index contributed by atoms with van der Waals surface area (Å²) in [5.41, 5.74) is 3.38. The van der Waals surface area contributed by atoms with E-state index in [9.17, 15) is 9.18 Å². The number of amides is 1. The Morgan fingerprint density at radius 2 is 1.91 bits per heavy atom. The van der Waals surface area contributed by atoms with Crippen LogP contribution in [-0.2, 0) is 11.2 Å². The Morgan fingerprint density at radius 1 is 1.13 bits per heavy atom. The van der Waals surface area contributed by atoms with Crippen molar-refractivity contribution in [3.63, 3.8) is 0 Å². The van der Waals surface area contributed by atoms with Crippen molar-refractivity contribution in [3.05, 3.63) is 65.5 Å². The number of anilines is 1. The second kappa shape index (κ2) is 5.81. The number of carbonyl (C=O) groups is 1. The molecule has 2 heterocycles. The monoisotopic (exact) mass is 326 g/mol. The molecule has 116 valence electrons. The molecule has 0 saturated carbocycles. The number of amidine groups is 1. The van der Waals surface area contributed by atoms with Crippen LogP contribution in [0, 0.1) is 5.82 Å². The standard InChI is InChI=1S/C18H15FN2OS/c19-14-7-5-13(6-8-14)16-11-17(22)20-18(23-16)21-10-9-12-3-1-2-4-15(12)21/h1-8,16H,9-11H2/t16-/m0/s1. The van der Waals surface area contributed by atoms with Crippen molar-refractivity contribution in [3.8, 4) is 0 Å². The van der Waals surface area contributed by atoms with E-state index < -0.39 is 0 Å². The zero-order chi connectivity index (χ0) is 15.8. The van der Waals surface area contributed by atoms with Gasteiger partial charge in [-0.15, -0.1) is 0 Å². The highest BCUT2D eigenvalue weighted by atomic mass is 32.2. The molecule has 0 unspecified atom stereocenters. The Bertz CT molecular complexity index is 788. The fraction of sp³-hybridized carbons (Fsp3) is 0.222. The zero-order valence-corrected chi connectivity index (χ0v) is 13.2. The molecule has 0 aromatic heterocycles. The number of thioether (sulfide) groups is 1. The quantitative estimate of drug-likeness (QED) is 0.795. The molecule has 1 atom stereocenters. The van der Waals surface area contributed by atoms with Crippen LogP contribution >= 0.6 is 11.8 Å². The summed E-state index contributed by atoms with van der Waals surface area (Å²) in [6, 6.07) is 14.6. The van der Waals surface area contributed by atoms with Crippen molar-refractivity contribution in [2.75, 3.05) is 11.4 Å². The molecular weight excluding hydrogens is 311 g/mol. The van der Waals surface area contributed by atoms with E-state index in [1.165, 1.54) is 17.7 Å². The van der Waals surface area contributed by atoms with Gasteiger partial charge in [-0.25, -0.2) is 4.39 Å². The lowest BCUT2D eigenvalue weighted by molar-refractivity contribution is -0.117. The third-order valence-electron chi connectivity index (χ3n) is 4.19. The molecule has 5 heteroatoms. The SMILES string of the molecule is O=C1C[C@@H](c2ccc(F)cc2)SC(N2CCc3ccccc32)=N1. The predicted octanol–water partition coefficient (Wildman–Crippen LogP) is 3.95. The Morgan fingerprint density at radius 3 is 2.74 bits per heavy atom. The number of carbonyl (C=O) groups excluding carboxylic acids is 1. The largest absolute Gasteiger partial charge is 0.320 e. The molecule has 0 saturated heterocycles. The lowest BCUT2D eigenvalue weighted by atomic mass is 10.1. The fourth-order valence-corrected chi connectivity index (χ4v) is 4.28. The van der Waals surface area contributed by atoms with Gasteiger partial charge >= 0.3 is 0 Å². The van der Waals surface area contributed by atoms with Gasteiger partial charge in [0.1, 0.15) is 5.82 Å². The molecule has 2 aliphatic rings. The van der Waals surface area contributed by atoms with Gasteiger partial charge in [-0.05, 0) is 35.7 Å². The van der Waals surface area contributed by atoms with Gasteiger partial charge in [0.05, 0.1) is 0 Å². The maximum atomic E-state index is 13.1. The molecule has 0 spiro atoms. The number of rotatable bonds is 1. The summed E-state index contributed by atoms with van der Waals surface area (Å²) < 4.78 is 13.1. The van der Waals surface area contributed by atoms with Crippen LogP contribution in [0.2, 0.25) is 0 Å². The molecule has 0 aliphatic carbocycles. The molecular formula is C18H15FN2OS. The second-order valence-electron chi connectivity index (χ2n) is 5.68. The number of aliphatic imine (C=N–C) groups is 1. The van der Waals surface area contributed by atoms with Gasteiger partial charge in [-0.2, -0.15) is 4.99 Å². The van der Waals surface area contributed by atoms with Crippen molar-refractivity contribution in [1.29, 1.82) is 0 Å². The van der Waals surface area contributed by atoms with Gasteiger partial charge in [0, 0.05) is 23.9 Å². The first-order valence-corrected chi connectivity index (χ1v) is 8.48. The zero-order valence-electron chi connectivity index (χ0n) is 12.4. The average Bonchev–Trinajstić information content (AvgIpc) is 2.99. The van der Waals surface area contributed by atoms with E-state index in [1.54, 1.807) is 23.9 Å². The fourth-order valence-electron chi connectivity index (χ4n) is 3.03. The molecule has 0 N–H and O–H groups in total. The third-order valence-corrected chi connectivity index (χ3v) is 5.43. The summed E-state index contributed by atoms with van der Waals surface area (Å²) in [6.45, 7) is 0.842. The van der Waals surface area contributed by atoms with Crippen LogP contribution in [0.4, 0.5) is 10.1 Å². The predicted molar refractivity (Wildman–Crippen MR) is 91.3 cm³/mol. The van der Waals surface area contributed by atoms with E-state index in [2.05, 4.69) is 22.0 Å². The van der Waals surface area contributed by atoms with Gasteiger partial charge in [0.25, 0.3) is 0 Å². The topological polar surface area (TPSA) is 32.7 Å². The maximum Gasteiger partial charge on any atom is 0.249 e. The molecule has 1 amide bonds. The van der Waals surface area contributed by atoms with E-state index in [0.717, 1.165) is 29.4 Å². The van der Waals surface area contributed by atoms with Gasteiger partial charge in [-0.1, -0.05) is 42.1 Å². The Balaban J connectivity index is 1.63. The summed E-state index contributed by atoms with van der Waals surface area (Å²) in [4.78, 5) is 18.5. The molecule has 23 heavy (non-hydrogen) atoms. The molecule has 4 rings (SSSR count). The van der Waals surface area contributed by atoms with Crippen LogP contribution < -0.4 is 4.90 Å². The number of benzene rings is 2. The van der Waals surface area contributed by atoms with E-state index in [1.807, 2.05) is 12.1 Å². The highest BCUT2D eigenvalue weighted by molar-refractivity contribution is 8.14. The minimum atomic E-state index is -0.261. The Hall–Kier alpha value is -2.14. The third kappa shape index (κ3) is 2.77. The Kier molecular flexibility index (Phi) is 3.65. The second-order valence-corrected chi connectivity index (χ2v) is 6.85. The average molecular weight is 326 g/mol. The number of nitrogens with zero attached hydrogens (tertiary/aromatic N) is 2. The lowest BCUT2D eigenvalue weighted by Gasteiger charge is -2.27. The molecule has 0 bridgehead atoms. The van der Waals surface area contributed by atoms with Crippen molar-refractivity contribution < 1.29 is 9.18 Å². The summed E-state index contributed by atoms with van der Waals surface area (Å²) in [6.07, 6.45) is 1.32. The van der Waals surface area contributed by atoms with Crippen LogP contribution in [0.3, 0.4) is 0 Å². The maximum absolute atomic E-state index is 13.1. The van der Waals surface area contributed by atoms with Crippen LogP contribution in [0.5, 0.6) is 0 Å². The van der Waals surface area contributed by atoms with Crippen LogP contribution in [0.15, 0.2) is 53.5 Å². The van der Waals surface area contributed by atoms with Crippen LogP contribution in [0.25, 0.3) is 0 Å². The summed E-state index contributed by atoms with van der Waals surface area (Å²) in [5.74, 6) is -0.374. The van der Waals surface area contributed by atoms with Gasteiger partial charge in [-0.3, -0.25) is 4.79 Å². The van der Waals surface area contributed by atoms with Crippen molar-refractivity contribution in [2.24, 2.45) is 4.99 Å². The highest BCUT2D eigenvalue weighted by Gasteiger charge is 2.31. The van der Waals surface area contributed by atoms with Crippen molar-refractivity contribution in [2.45, 2.75) is 18.1 Å². The summed E-state index contributed by atoms with van der Waals surface area (Å²) in [5, 5.41) is 0.740. The molecule has 0 radical (unpaired) electrons. The van der Waals surface area contributed by atoms with Gasteiger partial charge in [0.2, 0.25) is 5.91 Å². The Labute approximate surface area is 138 Å². The van der Waals surface area contributed by atoms with E-state index >= 15 is 0 Å². The number of hydrogen-bond acceptors (Lipinski definition) is 3. The first-order valence-electron chi connectivity index (χ1n) is 7.60. The number of halogens is 1. The number of fused-ring (bicyclic) bond motifs is 1. The summed E-state index contributed by atoms with van der Waals surface area (Å²) in [7, 11) is 0. The smallest absolute Gasteiger partial charge is 0.249 e. The van der Waals surface area contributed by atoms with Gasteiger partial charge < -0.3 is 4.90 Å². The minimum Gasteiger partial charge on any atom is -0.320 e. The normalized spacial score (nSPS) is 20.4. The lowest BCUT2D eigenvalue weighted by Crippen LogP contribution is -2.30. The minimum absolute atomic E-state index is 0.0108. The highest BCUT2D eigenvalue weighted by Crippen LogP contribution is 2.40. The molecule has 2 aliphatic heterocycles. The van der Waals surface area contributed by atoms with Crippen LogP contribution in [-0.4, -0.2) is 17.6 Å². The van der Waals surface area contributed by atoms with Gasteiger partial charge in [0.15, 0.2) is 5.17 Å². The van der Waals surface area contributed by atoms with E-state index in [-0.39, 0.29) is 17.0 Å². The van der Waals surface area contributed by atoms with Crippen molar-refractivity contribution >= 4 is 28.5 Å². The molecule has 3 nitrogen and oxygen atoms in total. The first kappa shape index (κ1) is 14.5. The van der Waals surface area contributed by atoms with E-state index in [0.29, 0.717) is 6.42 Å². The summed E-state index contributed by atoms with van der Waals surface area (Å²) >= 11 is 1.59. The molecule has 2 aromatic rings. The molecule has 2 aromatic carbocycles. The number of para-hydroxylation sites is 1. The first-order chi connectivity index (χ1) is 11.2.